The second kappa shape index (κ2) is 8.48. The molecule has 3 aliphatic rings. The minimum Gasteiger partial charge on any atom is -0.486 e. The van der Waals surface area contributed by atoms with E-state index in [1.54, 1.807) is 0 Å². The smallest absolute Gasteiger partial charge is 0.254 e. The van der Waals surface area contributed by atoms with E-state index in [9.17, 15) is 4.79 Å². The molecule has 1 aromatic carbocycles. The van der Waals surface area contributed by atoms with Gasteiger partial charge in [-0.1, -0.05) is 0 Å². The number of nitrogens with zero attached hydrogens (tertiary/aromatic N) is 2. The molecular formula is C21H30N2O4. The zero-order chi connectivity index (χ0) is 18.6. The summed E-state index contributed by atoms with van der Waals surface area (Å²) in [6, 6.07) is 4.13. The van der Waals surface area contributed by atoms with Gasteiger partial charge in [-0.25, -0.2) is 0 Å². The van der Waals surface area contributed by atoms with Crippen LogP contribution in [0.15, 0.2) is 12.1 Å². The van der Waals surface area contributed by atoms with E-state index >= 15 is 0 Å². The number of amides is 1. The molecule has 6 heteroatoms. The third-order valence-electron chi connectivity index (χ3n) is 5.89. The summed E-state index contributed by atoms with van der Waals surface area (Å²) in [4.78, 5) is 17.9. The Morgan fingerprint density at radius 2 is 1.78 bits per heavy atom. The van der Waals surface area contributed by atoms with Crippen LogP contribution in [0, 0.1) is 6.92 Å². The van der Waals surface area contributed by atoms with Crippen LogP contribution in [0.4, 0.5) is 0 Å². The lowest BCUT2D eigenvalue weighted by Gasteiger charge is -2.38. The Kier molecular flexibility index (Phi) is 5.83. The van der Waals surface area contributed by atoms with E-state index in [0.29, 0.717) is 25.0 Å². The SMILES string of the molecule is Cc1cc2c(cc1C(=O)N1CCCC[C@H]1CCN1CCOCC1)OCCO2. The number of morpholine rings is 1. The van der Waals surface area contributed by atoms with Gasteiger partial charge in [0.05, 0.1) is 13.2 Å². The summed E-state index contributed by atoms with van der Waals surface area (Å²) in [5, 5.41) is 0. The highest BCUT2D eigenvalue weighted by molar-refractivity contribution is 5.96. The molecule has 27 heavy (non-hydrogen) atoms. The largest absolute Gasteiger partial charge is 0.486 e. The number of carbonyl (C=O) groups is 1. The molecule has 0 saturated carbocycles. The minimum atomic E-state index is 0.135. The minimum absolute atomic E-state index is 0.135. The van der Waals surface area contributed by atoms with E-state index in [4.69, 9.17) is 14.2 Å². The molecule has 3 heterocycles. The molecule has 4 rings (SSSR count). The number of ether oxygens (including phenoxy) is 3. The average molecular weight is 374 g/mol. The number of benzene rings is 1. The first-order chi connectivity index (χ1) is 13.2. The van der Waals surface area contributed by atoms with E-state index in [1.165, 1.54) is 6.42 Å². The Hall–Kier alpha value is -1.79. The third kappa shape index (κ3) is 4.22. The summed E-state index contributed by atoms with van der Waals surface area (Å²) in [7, 11) is 0. The molecule has 1 atom stereocenters. The second-order valence-electron chi connectivity index (χ2n) is 7.70. The Balaban J connectivity index is 1.47. The Labute approximate surface area is 161 Å². The first-order valence-electron chi connectivity index (χ1n) is 10.2. The number of hydrogen-bond acceptors (Lipinski definition) is 5. The van der Waals surface area contributed by atoms with Crippen LogP contribution < -0.4 is 9.47 Å². The van der Waals surface area contributed by atoms with Crippen LogP contribution in [0.2, 0.25) is 0 Å². The van der Waals surface area contributed by atoms with Crippen LogP contribution >= 0.6 is 0 Å². The molecule has 2 fully saturated rings. The summed E-state index contributed by atoms with van der Waals surface area (Å²) >= 11 is 0. The van der Waals surface area contributed by atoms with Gasteiger partial charge in [-0.05, 0) is 50.3 Å². The molecule has 3 aliphatic heterocycles. The van der Waals surface area contributed by atoms with E-state index in [1.807, 2.05) is 19.1 Å². The van der Waals surface area contributed by atoms with Gasteiger partial charge < -0.3 is 19.1 Å². The molecule has 0 unspecified atom stereocenters. The van der Waals surface area contributed by atoms with Gasteiger partial charge in [0.1, 0.15) is 13.2 Å². The van der Waals surface area contributed by atoms with E-state index in [0.717, 1.165) is 75.5 Å². The number of fused-ring (bicyclic) bond motifs is 1. The van der Waals surface area contributed by atoms with Gasteiger partial charge in [-0.15, -0.1) is 0 Å². The van der Waals surface area contributed by atoms with Crippen molar-refractivity contribution in [1.82, 2.24) is 9.80 Å². The van der Waals surface area contributed by atoms with Crippen molar-refractivity contribution in [3.8, 4) is 11.5 Å². The number of rotatable bonds is 4. The quantitative estimate of drug-likeness (QED) is 0.810. The maximum atomic E-state index is 13.4. The van der Waals surface area contributed by atoms with Crippen LogP contribution in [0.1, 0.15) is 41.6 Å². The molecule has 1 amide bonds. The van der Waals surface area contributed by atoms with Crippen LogP contribution in [-0.2, 0) is 4.74 Å². The first-order valence-corrected chi connectivity index (χ1v) is 10.2. The molecule has 0 spiro atoms. The lowest BCUT2D eigenvalue weighted by molar-refractivity contribution is 0.0295. The summed E-state index contributed by atoms with van der Waals surface area (Å²) < 4.78 is 16.8. The average Bonchev–Trinajstić information content (AvgIpc) is 2.72. The number of piperidine rings is 1. The van der Waals surface area contributed by atoms with Crippen LogP contribution in [-0.4, -0.2) is 74.4 Å². The molecular weight excluding hydrogens is 344 g/mol. The molecule has 2 saturated heterocycles. The van der Waals surface area contributed by atoms with Gasteiger partial charge in [0, 0.05) is 37.8 Å². The highest BCUT2D eigenvalue weighted by Gasteiger charge is 2.29. The highest BCUT2D eigenvalue weighted by Crippen LogP contribution is 2.34. The van der Waals surface area contributed by atoms with Gasteiger partial charge >= 0.3 is 0 Å². The fourth-order valence-electron chi connectivity index (χ4n) is 4.30. The number of likely N-dealkylation sites (tertiary alicyclic amines) is 1. The number of hydrogen-bond donors (Lipinski definition) is 0. The Bertz CT molecular complexity index is 672. The normalized spacial score (nSPS) is 23.3. The van der Waals surface area contributed by atoms with Crippen molar-refractivity contribution < 1.29 is 19.0 Å². The first kappa shape index (κ1) is 18.6. The van der Waals surface area contributed by atoms with Crippen LogP contribution in [0.3, 0.4) is 0 Å². The highest BCUT2D eigenvalue weighted by atomic mass is 16.6. The van der Waals surface area contributed by atoms with Crippen molar-refractivity contribution in [2.75, 3.05) is 52.6 Å². The zero-order valence-electron chi connectivity index (χ0n) is 16.2. The van der Waals surface area contributed by atoms with E-state index in [2.05, 4.69) is 9.80 Å². The number of aryl methyl sites for hydroxylation is 1. The monoisotopic (exact) mass is 374 g/mol. The molecule has 0 aliphatic carbocycles. The van der Waals surface area contributed by atoms with Crippen molar-refractivity contribution in [3.05, 3.63) is 23.3 Å². The second-order valence-corrected chi connectivity index (χ2v) is 7.70. The third-order valence-corrected chi connectivity index (χ3v) is 5.89. The summed E-state index contributed by atoms with van der Waals surface area (Å²) in [6.07, 6.45) is 4.43. The predicted octanol–water partition coefficient (Wildman–Crippen LogP) is 2.48. The van der Waals surface area contributed by atoms with Crippen LogP contribution in [0.5, 0.6) is 11.5 Å². The predicted molar refractivity (Wildman–Crippen MR) is 103 cm³/mol. The maximum Gasteiger partial charge on any atom is 0.254 e. The molecule has 148 valence electrons. The van der Waals surface area contributed by atoms with Crippen LogP contribution in [0.25, 0.3) is 0 Å². The Morgan fingerprint density at radius 3 is 2.56 bits per heavy atom. The van der Waals surface area contributed by atoms with Gasteiger partial charge in [0.2, 0.25) is 0 Å². The summed E-state index contributed by atoms with van der Waals surface area (Å²) in [6.45, 7) is 8.62. The van der Waals surface area contributed by atoms with Gasteiger partial charge in [-0.2, -0.15) is 0 Å². The van der Waals surface area contributed by atoms with E-state index in [-0.39, 0.29) is 5.91 Å². The van der Waals surface area contributed by atoms with E-state index < -0.39 is 0 Å². The lowest BCUT2D eigenvalue weighted by Crippen LogP contribution is -2.46. The summed E-state index contributed by atoms with van der Waals surface area (Å²) in [5.74, 6) is 1.58. The fraction of sp³-hybridized carbons (Fsp3) is 0.667. The van der Waals surface area contributed by atoms with Gasteiger partial charge in [-0.3, -0.25) is 9.69 Å². The number of carbonyl (C=O) groups excluding carboxylic acids is 1. The van der Waals surface area contributed by atoms with Gasteiger partial charge in [0.25, 0.3) is 5.91 Å². The maximum absolute atomic E-state index is 13.4. The molecule has 0 bridgehead atoms. The lowest BCUT2D eigenvalue weighted by atomic mass is 9.96. The van der Waals surface area contributed by atoms with Crippen molar-refractivity contribution in [2.24, 2.45) is 0 Å². The molecule has 0 N–H and O–H groups in total. The summed E-state index contributed by atoms with van der Waals surface area (Å²) in [5.41, 5.74) is 1.71. The molecule has 1 aromatic rings. The molecule has 0 radical (unpaired) electrons. The Morgan fingerprint density at radius 1 is 1.04 bits per heavy atom. The van der Waals surface area contributed by atoms with Crippen molar-refractivity contribution in [1.29, 1.82) is 0 Å². The topological polar surface area (TPSA) is 51.2 Å². The standard InChI is InChI=1S/C21H30N2O4/c1-16-14-19-20(27-13-12-26-19)15-18(16)21(24)23-6-3-2-4-17(23)5-7-22-8-10-25-11-9-22/h14-15,17H,2-13H2,1H3/t17-/m0/s1. The van der Waals surface area contributed by atoms with Gasteiger partial charge in [0.15, 0.2) is 11.5 Å². The van der Waals surface area contributed by atoms with Crippen molar-refractivity contribution >= 4 is 5.91 Å². The molecule has 0 aromatic heterocycles. The van der Waals surface area contributed by atoms with Crippen molar-refractivity contribution in [2.45, 2.75) is 38.6 Å². The fourth-order valence-corrected chi connectivity index (χ4v) is 4.30. The van der Waals surface area contributed by atoms with Crippen molar-refractivity contribution in [3.63, 3.8) is 0 Å². The molecule has 6 nitrogen and oxygen atoms in total. The zero-order valence-corrected chi connectivity index (χ0v) is 16.2.